The van der Waals surface area contributed by atoms with E-state index in [-0.39, 0.29) is 0 Å². The van der Waals surface area contributed by atoms with Crippen LogP contribution in [0.5, 0.6) is 0 Å². The van der Waals surface area contributed by atoms with Gasteiger partial charge in [0.25, 0.3) is 0 Å². The highest BCUT2D eigenvalue weighted by Crippen LogP contribution is 2.22. The number of hydrazone groups is 1. The molecule has 1 saturated heterocycles. The van der Waals surface area contributed by atoms with E-state index in [2.05, 4.69) is 27.6 Å². The van der Waals surface area contributed by atoms with Crippen LogP contribution in [0.15, 0.2) is 23.3 Å². The molecule has 1 aliphatic heterocycles. The van der Waals surface area contributed by atoms with Crippen LogP contribution in [-0.2, 0) is 0 Å². The number of hydrogen-bond acceptors (Lipinski definition) is 3. The van der Waals surface area contributed by atoms with Gasteiger partial charge < -0.3 is 10.6 Å². The van der Waals surface area contributed by atoms with Crippen LogP contribution >= 0.6 is 0 Å². The first kappa shape index (κ1) is 12.4. The minimum absolute atomic E-state index is 0.655. The molecule has 0 saturated carbocycles. The van der Waals surface area contributed by atoms with E-state index in [1.165, 1.54) is 18.5 Å². The first-order chi connectivity index (χ1) is 8.66. The summed E-state index contributed by atoms with van der Waals surface area (Å²) in [6, 6.07) is 5.59. The van der Waals surface area contributed by atoms with Crippen molar-refractivity contribution in [2.45, 2.75) is 19.8 Å². The number of nitrogens with one attached hydrogen (secondary N) is 1. The van der Waals surface area contributed by atoms with E-state index < -0.39 is 6.03 Å². The smallest absolute Gasteiger partial charge is 0.332 e. The Morgan fingerprint density at radius 3 is 2.78 bits per heavy atom. The van der Waals surface area contributed by atoms with Crippen molar-refractivity contribution in [3.63, 3.8) is 0 Å². The van der Waals surface area contributed by atoms with Crippen LogP contribution in [0.3, 0.4) is 0 Å². The predicted molar refractivity (Wildman–Crippen MR) is 72.9 cm³/mol. The van der Waals surface area contributed by atoms with Crippen molar-refractivity contribution in [3.05, 3.63) is 29.3 Å². The van der Waals surface area contributed by atoms with Crippen molar-refractivity contribution in [3.8, 4) is 0 Å². The summed E-state index contributed by atoms with van der Waals surface area (Å²) in [6.45, 7) is 4.30. The van der Waals surface area contributed by atoms with Gasteiger partial charge in [0.1, 0.15) is 0 Å². The summed E-state index contributed by atoms with van der Waals surface area (Å²) < 4.78 is 0. The number of nitrogens with zero attached hydrogens (tertiary/aromatic N) is 2. The van der Waals surface area contributed by atoms with Gasteiger partial charge in [0.15, 0.2) is 0 Å². The SMILES string of the molecule is Cc1cc(N2CCCC2)ccc1/C=N\NC(N)=O. The Morgan fingerprint density at radius 1 is 1.44 bits per heavy atom. The standard InChI is InChI=1S/C13H18N4O/c1-10-8-12(17-6-2-3-7-17)5-4-11(10)9-15-16-13(14)18/h4-5,8-9H,2-3,6-7H2,1H3,(H3,14,16,18)/b15-9-. The van der Waals surface area contributed by atoms with Gasteiger partial charge in [0, 0.05) is 18.8 Å². The van der Waals surface area contributed by atoms with Gasteiger partial charge in [0.2, 0.25) is 0 Å². The normalized spacial score (nSPS) is 15.3. The lowest BCUT2D eigenvalue weighted by atomic mass is 10.1. The Bertz CT molecular complexity index is 464. The van der Waals surface area contributed by atoms with Gasteiger partial charge in [-0.2, -0.15) is 5.10 Å². The van der Waals surface area contributed by atoms with Crippen LogP contribution in [0.25, 0.3) is 0 Å². The van der Waals surface area contributed by atoms with Gasteiger partial charge in [-0.25, -0.2) is 10.2 Å². The summed E-state index contributed by atoms with van der Waals surface area (Å²) in [4.78, 5) is 12.9. The van der Waals surface area contributed by atoms with Crippen LogP contribution in [-0.4, -0.2) is 25.3 Å². The summed E-state index contributed by atoms with van der Waals surface area (Å²) in [6.07, 6.45) is 4.14. The Kier molecular flexibility index (Phi) is 3.82. The Morgan fingerprint density at radius 2 is 2.17 bits per heavy atom. The zero-order chi connectivity index (χ0) is 13.0. The third-order valence-electron chi connectivity index (χ3n) is 3.10. The molecule has 96 valence electrons. The van der Waals surface area contributed by atoms with Crippen LogP contribution in [0.1, 0.15) is 24.0 Å². The average Bonchev–Trinajstić information content (AvgIpc) is 2.84. The second-order valence-corrected chi connectivity index (χ2v) is 4.47. The molecule has 0 atom stereocenters. The number of benzene rings is 1. The second kappa shape index (κ2) is 5.53. The molecule has 1 fully saturated rings. The van der Waals surface area contributed by atoms with Gasteiger partial charge in [-0.1, -0.05) is 6.07 Å². The summed E-state index contributed by atoms with van der Waals surface area (Å²) >= 11 is 0. The number of urea groups is 1. The van der Waals surface area contributed by atoms with Crippen LogP contribution < -0.4 is 16.1 Å². The first-order valence-electron chi connectivity index (χ1n) is 6.11. The topological polar surface area (TPSA) is 70.7 Å². The molecular formula is C13H18N4O. The molecule has 2 amide bonds. The molecule has 1 aromatic carbocycles. The number of aryl methyl sites for hydroxylation is 1. The van der Waals surface area contributed by atoms with E-state index in [1.54, 1.807) is 6.21 Å². The van der Waals surface area contributed by atoms with Gasteiger partial charge in [-0.15, -0.1) is 0 Å². The molecule has 0 spiro atoms. The second-order valence-electron chi connectivity index (χ2n) is 4.47. The first-order valence-corrected chi connectivity index (χ1v) is 6.11. The zero-order valence-corrected chi connectivity index (χ0v) is 10.5. The monoisotopic (exact) mass is 246 g/mol. The highest BCUT2D eigenvalue weighted by atomic mass is 16.2. The van der Waals surface area contributed by atoms with E-state index in [0.29, 0.717) is 0 Å². The molecule has 0 bridgehead atoms. The molecule has 18 heavy (non-hydrogen) atoms. The Balaban J connectivity index is 2.09. The highest BCUT2D eigenvalue weighted by Gasteiger charge is 2.12. The van der Waals surface area contributed by atoms with Gasteiger partial charge in [-0.05, 0) is 43.0 Å². The van der Waals surface area contributed by atoms with E-state index in [9.17, 15) is 4.79 Å². The van der Waals surface area contributed by atoms with Crippen LogP contribution in [0.2, 0.25) is 0 Å². The van der Waals surface area contributed by atoms with E-state index in [1.807, 2.05) is 13.0 Å². The number of anilines is 1. The minimum atomic E-state index is -0.655. The lowest BCUT2D eigenvalue weighted by molar-refractivity contribution is 0.249. The van der Waals surface area contributed by atoms with Crippen LogP contribution in [0.4, 0.5) is 10.5 Å². The molecule has 1 heterocycles. The number of carbonyl (C=O) groups excluding carboxylic acids is 1. The number of rotatable bonds is 3. The fourth-order valence-corrected chi connectivity index (χ4v) is 2.14. The third kappa shape index (κ3) is 3.00. The predicted octanol–water partition coefficient (Wildman–Crippen LogP) is 1.60. The van der Waals surface area contributed by atoms with Crippen molar-refractivity contribution in [2.75, 3.05) is 18.0 Å². The molecule has 1 aromatic rings. The quantitative estimate of drug-likeness (QED) is 0.628. The van der Waals surface area contributed by atoms with Gasteiger partial charge in [-0.3, -0.25) is 0 Å². The van der Waals surface area contributed by atoms with Crippen molar-refractivity contribution in [2.24, 2.45) is 10.8 Å². The number of nitrogens with two attached hydrogens (primary N) is 1. The molecule has 0 aliphatic carbocycles. The molecule has 0 radical (unpaired) electrons. The zero-order valence-electron chi connectivity index (χ0n) is 10.5. The Labute approximate surface area is 107 Å². The molecular weight excluding hydrogens is 228 g/mol. The fourth-order valence-electron chi connectivity index (χ4n) is 2.14. The molecule has 0 unspecified atom stereocenters. The number of carbonyl (C=O) groups is 1. The minimum Gasteiger partial charge on any atom is -0.372 e. The molecule has 5 nitrogen and oxygen atoms in total. The number of primary amides is 1. The average molecular weight is 246 g/mol. The fraction of sp³-hybridized carbons (Fsp3) is 0.385. The number of amides is 2. The van der Waals surface area contributed by atoms with E-state index >= 15 is 0 Å². The molecule has 2 rings (SSSR count). The summed E-state index contributed by atoms with van der Waals surface area (Å²) in [5.74, 6) is 0. The third-order valence-corrected chi connectivity index (χ3v) is 3.10. The maximum absolute atomic E-state index is 10.5. The molecule has 0 aromatic heterocycles. The molecule has 3 N–H and O–H groups in total. The molecule has 5 heteroatoms. The summed E-state index contributed by atoms with van der Waals surface area (Å²) in [7, 11) is 0. The largest absolute Gasteiger partial charge is 0.372 e. The van der Waals surface area contributed by atoms with Crippen molar-refractivity contribution >= 4 is 17.9 Å². The maximum Gasteiger partial charge on any atom is 0.332 e. The van der Waals surface area contributed by atoms with Crippen molar-refractivity contribution < 1.29 is 4.79 Å². The number of hydrogen-bond donors (Lipinski definition) is 2. The summed E-state index contributed by atoms with van der Waals surface area (Å²) in [5.41, 5.74) is 10.5. The maximum atomic E-state index is 10.5. The lowest BCUT2D eigenvalue weighted by Gasteiger charge is -2.18. The van der Waals surface area contributed by atoms with E-state index in [0.717, 1.165) is 24.2 Å². The Hall–Kier alpha value is -2.04. The van der Waals surface area contributed by atoms with E-state index in [4.69, 9.17) is 5.73 Å². The van der Waals surface area contributed by atoms with Gasteiger partial charge >= 0.3 is 6.03 Å². The lowest BCUT2D eigenvalue weighted by Crippen LogP contribution is -2.24. The summed E-state index contributed by atoms with van der Waals surface area (Å²) in [5, 5.41) is 3.77. The highest BCUT2D eigenvalue weighted by molar-refractivity contribution is 5.84. The van der Waals surface area contributed by atoms with Crippen molar-refractivity contribution in [1.82, 2.24) is 5.43 Å². The van der Waals surface area contributed by atoms with Crippen molar-refractivity contribution in [1.29, 1.82) is 0 Å². The molecule has 1 aliphatic rings. The van der Waals surface area contributed by atoms with Gasteiger partial charge in [0.05, 0.1) is 6.21 Å². The van der Waals surface area contributed by atoms with Crippen LogP contribution in [0, 0.1) is 6.92 Å².